The summed E-state index contributed by atoms with van der Waals surface area (Å²) in [6, 6.07) is 0. The lowest BCUT2D eigenvalue weighted by Gasteiger charge is -2.00. The Morgan fingerprint density at radius 2 is 1.50 bits per heavy atom. The van der Waals surface area contributed by atoms with Crippen LogP contribution < -0.4 is 0 Å². The third kappa shape index (κ3) is 1.87. The van der Waals surface area contributed by atoms with Crippen molar-refractivity contribution in [2.24, 2.45) is 0 Å². The van der Waals surface area contributed by atoms with Gasteiger partial charge in [0.1, 0.15) is 4.90 Å². The summed E-state index contributed by atoms with van der Waals surface area (Å²) in [6.07, 6.45) is 3.23. The summed E-state index contributed by atoms with van der Waals surface area (Å²) in [4.78, 5) is 6.76. The molecule has 0 aromatic carbocycles. The van der Waals surface area contributed by atoms with E-state index in [9.17, 15) is 8.78 Å². The van der Waals surface area contributed by atoms with Crippen molar-refractivity contribution >= 4 is 23.5 Å². The highest BCUT2D eigenvalue weighted by atomic mass is 32.2. The van der Waals surface area contributed by atoms with E-state index in [0.717, 1.165) is 23.5 Å². The number of rotatable bonds is 2. The van der Waals surface area contributed by atoms with Crippen molar-refractivity contribution in [2.45, 2.75) is 10.1 Å². The molecule has 1 aromatic rings. The fourth-order valence-electron chi connectivity index (χ4n) is 0.639. The van der Waals surface area contributed by atoms with E-state index in [-0.39, 0.29) is 10.1 Å². The van der Waals surface area contributed by atoms with Gasteiger partial charge < -0.3 is 0 Å². The average molecular weight is 208 g/mol. The van der Waals surface area contributed by atoms with E-state index in [1.54, 1.807) is 12.5 Å². The first-order valence-corrected chi connectivity index (χ1v) is 5.45. The Balaban J connectivity index is 3.18. The molecule has 0 amide bonds. The van der Waals surface area contributed by atoms with Gasteiger partial charge in [0.05, 0.1) is 0 Å². The lowest BCUT2D eigenvalue weighted by atomic mass is 10.6. The number of halogens is 2. The maximum Gasteiger partial charge on any atom is 0.233 e. The molecule has 0 unspecified atom stereocenters. The van der Waals surface area contributed by atoms with Gasteiger partial charge in [0, 0.05) is 0 Å². The van der Waals surface area contributed by atoms with Gasteiger partial charge in [-0.25, -0.2) is 0 Å². The maximum absolute atomic E-state index is 12.9. The topological polar surface area (TPSA) is 25.8 Å². The summed E-state index contributed by atoms with van der Waals surface area (Å²) in [5.74, 6) is -1.58. The summed E-state index contributed by atoms with van der Waals surface area (Å²) in [6.45, 7) is 0. The van der Waals surface area contributed by atoms with Gasteiger partial charge in [-0.3, -0.25) is 0 Å². The minimum absolute atomic E-state index is 0.114. The smallest absolute Gasteiger partial charge is 0.192 e. The molecule has 1 heterocycles. The standard InChI is InChI=1S/C6H6F2N2S2/c1-11-3-4(7)9-6(12-2)10-5(3)8/h1-2H3. The molecule has 6 heteroatoms. The maximum atomic E-state index is 12.9. The predicted octanol–water partition coefficient (Wildman–Crippen LogP) is 2.20. The van der Waals surface area contributed by atoms with E-state index in [1.165, 1.54) is 0 Å². The first kappa shape index (κ1) is 9.73. The van der Waals surface area contributed by atoms with Crippen LogP contribution in [0.2, 0.25) is 0 Å². The van der Waals surface area contributed by atoms with Gasteiger partial charge in [0.25, 0.3) is 0 Å². The molecule has 0 atom stereocenters. The second kappa shape index (κ2) is 4.04. The second-order valence-electron chi connectivity index (χ2n) is 1.83. The third-order valence-corrected chi connectivity index (χ3v) is 2.44. The summed E-state index contributed by atoms with van der Waals surface area (Å²) in [7, 11) is 0. The van der Waals surface area contributed by atoms with E-state index >= 15 is 0 Å². The number of thioether (sulfide) groups is 2. The summed E-state index contributed by atoms with van der Waals surface area (Å²) >= 11 is 2.06. The molecule has 0 fully saturated rings. The monoisotopic (exact) mass is 208 g/mol. The normalized spacial score (nSPS) is 10.3. The van der Waals surface area contributed by atoms with Gasteiger partial charge >= 0.3 is 0 Å². The highest BCUT2D eigenvalue weighted by Gasteiger charge is 2.12. The van der Waals surface area contributed by atoms with Gasteiger partial charge in [-0.05, 0) is 12.5 Å². The molecule has 0 saturated heterocycles. The molecule has 2 nitrogen and oxygen atoms in total. The van der Waals surface area contributed by atoms with E-state index < -0.39 is 11.9 Å². The van der Waals surface area contributed by atoms with Gasteiger partial charge in [0.2, 0.25) is 11.9 Å². The minimum Gasteiger partial charge on any atom is -0.192 e. The van der Waals surface area contributed by atoms with E-state index in [2.05, 4.69) is 9.97 Å². The highest BCUT2D eigenvalue weighted by molar-refractivity contribution is 7.98. The fourth-order valence-corrected chi connectivity index (χ4v) is 1.41. The van der Waals surface area contributed by atoms with Crippen LogP contribution in [0.5, 0.6) is 0 Å². The van der Waals surface area contributed by atoms with Gasteiger partial charge in [-0.1, -0.05) is 11.8 Å². The van der Waals surface area contributed by atoms with Crippen molar-refractivity contribution < 1.29 is 8.78 Å². The average Bonchev–Trinajstić information content (AvgIpc) is 2.03. The quantitative estimate of drug-likeness (QED) is 0.423. The van der Waals surface area contributed by atoms with Crippen LogP contribution in [0.15, 0.2) is 10.1 Å². The van der Waals surface area contributed by atoms with Crippen LogP contribution in [-0.4, -0.2) is 22.5 Å². The molecule has 1 rings (SSSR count). The van der Waals surface area contributed by atoms with Crippen molar-refractivity contribution in [3.63, 3.8) is 0 Å². The van der Waals surface area contributed by atoms with E-state index in [4.69, 9.17) is 0 Å². The van der Waals surface area contributed by atoms with Crippen molar-refractivity contribution in [1.82, 2.24) is 9.97 Å². The van der Waals surface area contributed by atoms with Gasteiger partial charge in [-0.15, -0.1) is 11.8 Å². The molecule has 0 spiro atoms. The molecule has 0 saturated carbocycles. The summed E-state index contributed by atoms with van der Waals surface area (Å²) in [5.41, 5.74) is 0. The van der Waals surface area contributed by atoms with Crippen molar-refractivity contribution in [3.8, 4) is 0 Å². The molecular formula is C6H6F2N2S2. The van der Waals surface area contributed by atoms with Crippen LogP contribution in [0.4, 0.5) is 8.78 Å². The van der Waals surface area contributed by atoms with Gasteiger partial charge in [-0.2, -0.15) is 18.7 Å². The molecular weight excluding hydrogens is 202 g/mol. The van der Waals surface area contributed by atoms with Crippen LogP contribution in [0.1, 0.15) is 0 Å². The molecule has 1 aromatic heterocycles. The lowest BCUT2D eigenvalue weighted by Crippen LogP contribution is -1.98. The largest absolute Gasteiger partial charge is 0.233 e. The minimum atomic E-state index is -0.792. The lowest BCUT2D eigenvalue weighted by molar-refractivity contribution is 0.461. The van der Waals surface area contributed by atoms with Crippen LogP contribution in [-0.2, 0) is 0 Å². The molecule has 12 heavy (non-hydrogen) atoms. The Bertz CT molecular complexity index is 270. The number of hydrogen-bond donors (Lipinski definition) is 0. The number of nitrogens with zero attached hydrogens (tertiary/aromatic N) is 2. The number of hydrogen-bond acceptors (Lipinski definition) is 4. The van der Waals surface area contributed by atoms with Crippen LogP contribution in [0.25, 0.3) is 0 Å². The SMILES string of the molecule is CSc1nc(F)c(SC)c(F)n1. The van der Waals surface area contributed by atoms with Crippen LogP contribution in [0.3, 0.4) is 0 Å². The first-order valence-electron chi connectivity index (χ1n) is 3.00. The van der Waals surface area contributed by atoms with E-state index in [0.29, 0.717) is 0 Å². The molecule has 66 valence electrons. The number of aromatic nitrogens is 2. The molecule has 0 bridgehead atoms. The third-order valence-electron chi connectivity index (χ3n) is 1.15. The Morgan fingerprint density at radius 3 is 1.83 bits per heavy atom. The highest BCUT2D eigenvalue weighted by Crippen LogP contribution is 2.22. The van der Waals surface area contributed by atoms with Crippen molar-refractivity contribution in [1.29, 1.82) is 0 Å². The zero-order chi connectivity index (χ0) is 9.14. The fraction of sp³-hybridized carbons (Fsp3) is 0.333. The summed E-state index contributed by atoms with van der Waals surface area (Å²) in [5, 5.41) is 0.114. The second-order valence-corrected chi connectivity index (χ2v) is 3.42. The molecule has 0 aliphatic heterocycles. The Labute approximate surface area is 77.2 Å². The predicted molar refractivity (Wildman–Crippen MR) is 45.5 cm³/mol. The Kier molecular flexibility index (Phi) is 3.28. The Morgan fingerprint density at radius 1 is 1.00 bits per heavy atom. The van der Waals surface area contributed by atoms with Crippen molar-refractivity contribution in [2.75, 3.05) is 12.5 Å². The van der Waals surface area contributed by atoms with Crippen LogP contribution in [0, 0.1) is 11.9 Å². The molecule has 0 radical (unpaired) electrons. The van der Waals surface area contributed by atoms with Crippen LogP contribution >= 0.6 is 23.5 Å². The Hall–Kier alpha value is -0.360. The van der Waals surface area contributed by atoms with Gasteiger partial charge in [0.15, 0.2) is 5.16 Å². The molecule has 0 N–H and O–H groups in total. The molecule has 0 aliphatic carbocycles. The summed E-state index contributed by atoms with van der Waals surface area (Å²) < 4.78 is 25.7. The molecule has 0 aliphatic rings. The zero-order valence-corrected chi connectivity index (χ0v) is 8.10. The zero-order valence-electron chi connectivity index (χ0n) is 6.47. The first-order chi connectivity index (χ1) is 5.69. The van der Waals surface area contributed by atoms with E-state index in [1.807, 2.05) is 0 Å². The van der Waals surface area contributed by atoms with Crippen molar-refractivity contribution in [3.05, 3.63) is 11.9 Å².